The number of rotatable bonds is 2. The van der Waals surface area contributed by atoms with E-state index in [1.54, 1.807) is 24.3 Å². The van der Waals surface area contributed by atoms with Crippen molar-refractivity contribution in [2.45, 2.75) is 6.92 Å². The Morgan fingerprint density at radius 2 is 1.76 bits per heavy atom. The highest BCUT2D eigenvalue weighted by Crippen LogP contribution is 2.29. The number of fused-ring (bicyclic) bond motifs is 3. The maximum absolute atomic E-state index is 12.5. The Labute approximate surface area is 143 Å². The molecule has 0 bridgehead atoms. The van der Waals surface area contributed by atoms with Crippen LogP contribution in [0, 0.1) is 0 Å². The van der Waals surface area contributed by atoms with Crippen LogP contribution in [0.25, 0.3) is 33.1 Å². The maximum Gasteiger partial charge on any atom is 0.308 e. The Morgan fingerprint density at radius 1 is 0.920 bits per heavy atom. The number of benzene rings is 3. The zero-order chi connectivity index (χ0) is 17.4. The molecule has 0 aliphatic carbocycles. The van der Waals surface area contributed by atoms with Crippen molar-refractivity contribution in [3.63, 3.8) is 0 Å². The van der Waals surface area contributed by atoms with Crippen LogP contribution in [0.2, 0.25) is 0 Å². The van der Waals surface area contributed by atoms with Gasteiger partial charge in [0, 0.05) is 23.9 Å². The summed E-state index contributed by atoms with van der Waals surface area (Å²) >= 11 is 0. The van der Waals surface area contributed by atoms with Crippen molar-refractivity contribution in [2.24, 2.45) is 0 Å². The molecule has 0 saturated heterocycles. The molecule has 3 aromatic carbocycles. The number of hydrogen-bond donors (Lipinski definition) is 0. The van der Waals surface area contributed by atoms with E-state index in [1.165, 1.54) is 13.0 Å². The average Bonchev–Trinajstić information content (AvgIpc) is 2.61. The highest BCUT2D eigenvalue weighted by atomic mass is 16.5. The number of carbonyl (C=O) groups is 1. The molecule has 0 aliphatic rings. The number of esters is 1. The molecular weight excluding hydrogens is 316 g/mol. The van der Waals surface area contributed by atoms with Crippen molar-refractivity contribution in [3.8, 4) is 17.1 Å². The Hall–Kier alpha value is -3.40. The molecule has 0 N–H and O–H groups in total. The van der Waals surface area contributed by atoms with E-state index >= 15 is 0 Å². The molecule has 0 fully saturated rings. The third kappa shape index (κ3) is 2.78. The van der Waals surface area contributed by atoms with E-state index in [1.807, 2.05) is 36.4 Å². The normalized spacial score (nSPS) is 10.9. The summed E-state index contributed by atoms with van der Waals surface area (Å²) in [4.78, 5) is 23.7. The van der Waals surface area contributed by atoms with Crippen molar-refractivity contribution in [2.75, 3.05) is 0 Å². The van der Waals surface area contributed by atoms with Crippen LogP contribution in [0.3, 0.4) is 0 Å². The van der Waals surface area contributed by atoms with E-state index in [-0.39, 0.29) is 5.43 Å². The van der Waals surface area contributed by atoms with Crippen molar-refractivity contribution in [1.29, 1.82) is 0 Å². The lowest BCUT2D eigenvalue weighted by Gasteiger charge is -2.07. The minimum Gasteiger partial charge on any atom is -0.455 e. The molecule has 122 valence electrons. The predicted molar refractivity (Wildman–Crippen MR) is 96.7 cm³/mol. The highest BCUT2D eigenvalue weighted by Gasteiger charge is 2.11. The van der Waals surface area contributed by atoms with Crippen LogP contribution in [0.15, 0.2) is 75.9 Å². The van der Waals surface area contributed by atoms with Crippen LogP contribution in [0.1, 0.15) is 6.92 Å². The van der Waals surface area contributed by atoms with Gasteiger partial charge in [0.2, 0.25) is 0 Å². The second-order valence-corrected chi connectivity index (χ2v) is 5.76. The Kier molecular flexibility index (Phi) is 3.58. The molecule has 4 rings (SSSR count). The first-order chi connectivity index (χ1) is 12.1. The summed E-state index contributed by atoms with van der Waals surface area (Å²) in [6, 6.07) is 19.8. The van der Waals surface area contributed by atoms with Crippen LogP contribution in [-0.4, -0.2) is 5.97 Å². The molecule has 0 aliphatic heterocycles. The first-order valence-electron chi connectivity index (χ1n) is 7.86. The van der Waals surface area contributed by atoms with Gasteiger partial charge in [0.15, 0.2) is 5.43 Å². The zero-order valence-electron chi connectivity index (χ0n) is 13.5. The highest BCUT2D eigenvalue weighted by molar-refractivity contribution is 6.04. The monoisotopic (exact) mass is 330 g/mol. The van der Waals surface area contributed by atoms with Crippen molar-refractivity contribution in [3.05, 3.63) is 77.0 Å². The van der Waals surface area contributed by atoms with Crippen LogP contribution in [0.4, 0.5) is 0 Å². The van der Waals surface area contributed by atoms with Gasteiger partial charge in [-0.15, -0.1) is 0 Å². The fourth-order valence-electron chi connectivity index (χ4n) is 2.90. The first-order valence-corrected chi connectivity index (χ1v) is 7.86. The van der Waals surface area contributed by atoms with Crippen LogP contribution in [0.5, 0.6) is 5.75 Å². The maximum atomic E-state index is 12.5. The molecule has 25 heavy (non-hydrogen) atoms. The first kappa shape index (κ1) is 15.1. The van der Waals surface area contributed by atoms with Gasteiger partial charge >= 0.3 is 5.97 Å². The van der Waals surface area contributed by atoms with Gasteiger partial charge in [-0.3, -0.25) is 9.59 Å². The van der Waals surface area contributed by atoms with Gasteiger partial charge < -0.3 is 9.15 Å². The smallest absolute Gasteiger partial charge is 0.308 e. The third-order valence-corrected chi connectivity index (χ3v) is 4.00. The van der Waals surface area contributed by atoms with Gasteiger partial charge in [-0.1, -0.05) is 42.5 Å². The van der Waals surface area contributed by atoms with E-state index in [4.69, 9.17) is 9.15 Å². The molecule has 0 spiro atoms. The van der Waals surface area contributed by atoms with Gasteiger partial charge in [-0.2, -0.15) is 0 Å². The lowest BCUT2D eigenvalue weighted by molar-refractivity contribution is -0.131. The topological polar surface area (TPSA) is 56.5 Å². The summed E-state index contributed by atoms with van der Waals surface area (Å²) in [6.07, 6.45) is 0. The van der Waals surface area contributed by atoms with E-state index in [2.05, 4.69) is 0 Å². The van der Waals surface area contributed by atoms with Crippen LogP contribution in [-0.2, 0) is 4.79 Å². The summed E-state index contributed by atoms with van der Waals surface area (Å²) in [5, 5.41) is 2.43. The standard InChI is InChI=1S/C21H14O4/c1-13(22)24-16-7-4-6-15(11-16)20-12-19(23)18-10-9-14-5-2-3-8-17(14)21(18)25-20/h2-12H,1H3. The largest absolute Gasteiger partial charge is 0.455 e. The molecule has 1 aromatic heterocycles. The molecule has 0 atom stereocenters. The van der Waals surface area contributed by atoms with Crippen molar-refractivity contribution < 1.29 is 13.9 Å². The molecule has 1 heterocycles. The molecule has 0 saturated carbocycles. The fraction of sp³-hybridized carbons (Fsp3) is 0.0476. The molecule has 4 nitrogen and oxygen atoms in total. The molecule has 4 aromatic rings. The summed E-state index contributed by atoms with van der Waals surface area (Å²) in [5.41, 5.74) is 1.11. The summed E-state index contributed by atoms with van der Waals surface area (Å²) < 4.78 is 11.2. The van der Waals surface area contributed by atoms with E-state index in [9.17, 15) is 9.59 Å². The molecular formula is C21H14O4. The lowest BCUT2D eigenvalue weighted by atomic mass is 10.1. The number of ether oxygens (including phenoxy) is 1. The third-order valence-electron chi connectivity index (χ3n) is 4.00. The van der Waals surface area contributed by atoms with Crippen molar-refractivity contribution in [1.82, 2.24) is 0 Å². The lowest BCUT2D eigenvalue weighted by Crippen LogP contribution is -2.02. The summed E-state index contributed by atoms with van der Waals surface area (Å²) in [7, 11) is 0. The minimum atomic E-state index is -0.400. The number of hydrogen-bond acceptors (Lipinski definition) is 4. The second kappa shape index (κ2) is 5.91. The Bertz CT molecular complexity index is 1170. The average molecular weight is 330 g/mol. The minimum absolute atomic E-state index is 0.111. The zero-order valence-corrected chi connectivity index (χ0v) is 13.5. The second-order valence-electron chi connectivity index (χ2n) is 5.76. The molecule has 0 radical (unpaired) electrons. The fourth-order valence-corrected chi connectivity index (χ4v) is 2.90. The molecule has 4 heteroatoms. The predicted octanol–water partition coefficient (Wildman–Crippen LogP) is 4.54. The van der Waals surface area contributed by atoms with Gasteiger partial charge in [0.25, 0.3) is 0 Å². The van der Waals surface area contributed by atoms with Crippen LogP contribution < -0.4 is 10.2 Å². The quantitative estimate of drug-likeness (QED) is 0.308. The van der Waals surface area contributed by atoms with Gasteiger partial charge in [0.05, 0.1) is 5.39 Å². The van der Waals surface area contributed by atoms with E-state index in [0.29, 0.717) is 28.0 Å². The molecule has 0 unspecified atom stereocenters. The van der Waals surface area contributed by atoms with E-state index in [0.717, 1.165) is 10.8 Å². The summed E-state index contributed by atoms with van der Waals surface area (Å²) in [5.74, 6) is 0.441. The van der Waals surface area contributed by atoms with Crippen molar-refractivity contribution >= 4 is 27.7 Å². The molecule has 0 amide bonds. The SMILES string of the molecule is CC(=O)Oc1cccc(-c2cc(=O)c3ccc4ccccc4c3o2)c1. The summed E-state index contributed by atoms with van der Waals surface area (Å²) in [6.45, 7) is 1.34. The van der Waals surface area contributed by atoms with Crippen LogP contribution >= 0.6 is 0 Å². The Morgan fingerprint density at radius 3 is 2.60 bits per heavy atom. The van der Waals surface area contributed by atoms with Gasteiger partial charge in [-0.05, 0) is 23.6 Å². The van der Waals surface area contributed by atoms with E-state index < -0.39 is 5.97 Å². The van der Waals surface area contributed by atoms with Gasteiger partial charge in [0.1, 0.15) is 17.1 Å². The number of carbonyl (C=O) groups excluding carboxylic acids is 1. The Balaban J connectivity index is 1.95. The van der Waals surface area contributed by atoms with Gasteiger partial charge in [-0.25, -0.2) is 0 Å².